The van der Waals surface area contributed by atoms with Crippen LogP contribution in [0, 0.1) is 0 Å². The van der Waals surface area contributed by atoms with Crippen LogP contribution in [0.15, 0.2) is 47.5 Å². The molecule has 7 heteroatoms. The van der Waals surface area contributed by atoms with Gasteiger partial charge < -0.3 is 20.4 Å². The van der Waals surface area contributed by atoms with Crippen LogP contribution in [0.2, 0.25) is 0 Å². The highest BCUT2D eigenvalue weighted by molar-refractivity contribution is 7.98. The molecule has 1 saturated heterocycles. The molecule has 0 atom stereocenters. The van der Waals surface area contributed by atoms with Gasteiger partial charge in [-0.25, -0.2) is 9.78 Å². The number of rotatable bonds is 5. The molecule has 6 nitrogen and oxygen atoms in total. The Morgan fingerprint density at radius 1 is 1.19 bits per heavy atom. The maximum atomic E-state index is 12.1. The van der Waals surface area contributed by atoms with E-state index in [0.717, 1.165) is 48.1 Å². The van der Waals surface area contributed by atoms with Crippen LogP contribution in [0.1, 0.15) is 5.56 Å². The van der Waals surface area contributed by atoms with Crippen molar-refractivity contribution in [3.63, 3.8) is 0 Å². The standard InChI is InChI=1S/C19H25N5OS/c1-23-8-10-24(11-9-23)18-7-6-15(13-20-18)14-21-19(25)22-16-4-3-5-17(12-16)26-2/h3-7,12-13H,8-11,14H2,1-2H3,(H2,21,22,25). The Kier molecular flexibility index (Phi) is 6.35. The van der Waals surface area contributed by atoms with Gasteiger partial charge in [0, 0.05) is 49.5 Å². The topological polar surface area (TPSA) is 60.5 Å². The number of piperazine rings is 1. The molecular formula is C19H25N5OS. The fraction of sp³-hybridized carbons (Fsp3) is 0.368. The van der Waals surface area contributed by atoms with Crippen molar-refractivity contribution in [1.82, 2.24) is 15.2 Å². The Morgan fingerprint density at radius 2 is 2.00 bits per heavy atom. The molecule has 0 spiro atoms. The van der Waals surface area contributed by atoms with Gasteiger partial charge in [-0.1, -0.05) is 12.1 Å². The predicted octanol–water partition coefficient (Wildman–Crippen LogP) is 2.88. The molecule has 1 aliphatic heterocycles. The first-order valence-electron chi connectivity index (χ1n) is 8.71. The van der Waals surface area contributed by atoms with Crippen LogP contribution in [-0.4, -0.2) is 55.4 Å². The summed E-state index contributed by atoms with van der Waals surface area (Å²) >= 11 is 1.65. The Morgan fingerprint density at radius 3 is 2.69 bits per heavy atom. The second kappa shape index (κ2) is 8.91. The molecule has 0 saturated carbocycles. The number of anilines is 2. The lowest BCUT2D eigenvalue weighted by molar-refractivity contribution is 0.251. The van der Waals surface area contributed by atoms with Gasteiger partial charge >= 0.3 is 6.03 Å². The average molecular weight is 372 g/mol. The van der Waals surface area contributed by atoms with Crippen molar-refractivity contribution < 1.29 is 4.79 Å². The fourth-order valence-electron chi connectivity index (χ4n) is 2.80. The second-order valence-corrected chi connectivity index (χ2v) is 7.23. The molecule has 1 aliphatic rings. The summed E-state index contributed by atoms with van der Waals surface area (Å²) in [5.74, 6) is 1.00. The number of nitrogens with one attached hydrogen (secondary N) is 2. The van der Waals surface area contributed by atoms with E-state index in [1.54, 1.807) is 11.8 Å². The molecule has 0 bridgehead atoms. The molecule has 2 aromatic rings. The molecule has 1 fully saturated rings. The van der Waals surface area contributed by atoms with Gasteiger partial charge in [0.25, 0.3) is 0 Å². The molecule has 2 heterocycles. The van der Waals surface area contributed by atoms with E-state index in [1.165, 1.54) is 0 Å². The van der Waals surface area contributed by atoms with Crippen molar-refractivity contribution in [2.75, 3.05) is 49.7 Å². The molecule has 0 aliphatic carbocycles. The molecular weight excluding hydrogens is 346 g/mol. The number of urea groups is 1. The van der Waals surface area contributed by atoms with Crippen LogP contribution >= 0.6 is 11.8 Å². The number of benzene rings is 1. The maximum absolute atomic E-state index is 12.1. The summed E-state index contributed by atoms with van der Waals surface area (Å²) < 4.78 is 0. The largest absolute Gasteiger partial charge is 0.354 e. The number of carbonyl (C=O) groups is 1. The number of pyridine rings is 1. The molecule has 0 unspecified atom stereocenters. The smallest absolute Gasteiger partial charge is 0.319 e. The second-order valence-electron chi connectivity index (χ2n) is 6.35. The summed E-state index contributed by atoms with van der Waals surface area (Å²) in [7, 11) is 2.14. The van der Waals surface area contributed by atoms with Crippen LogP contribution in [0.5, 0.6) is 0 Å². The van der Waals surface area contributed by atoms with Crippen molar-refractivity contribution >= 4 is 29.3 Å². The molecule has 2 N–H and O–H groups in total. The van der Waals surface area contributed by atoms with Gasteiger partial charge in [-0.05, 0) is 43.1 Å². The molecule has 26 heavy (non-hydrogen) atoms. The first kappa shape index (κ1) is 18.5. The van der Waals surface area contributed by atoms with Crippen molar-refractivity contribution in [2.24, 2.45) is 0 Å². The van der Waals surface area contributed by atoms with Crippen molar-refractivity contribution in [2.45, 2.75) is 11.4 Å². The van der Waals surface area contributed by atoms with E-state index in [4.69, 9.17) is 0 Å². The van der Waals surface area contributed by atoms with Crippen molar-refractivity contribution in [3.8, 4) is 0 Å². The minimum atomic E-state index is -0.216. The summed E-state index contributed by atoms with van der Waals surface area (Å²) in [6.45, 7) is 4.56. The zero-order valence-corrected chi connectivity index (χ0v) is 16.1. The van der Waals surface area contributed by atoms with Gasteiger partial charge in [0.2, 0.25) is 0 Å². The van der Waals surface area contributed by atoms with Gasteiger partial charge in [0.1, 0.15) is 5.82 Å². The third-order valence-corrected chi connectivity index (χ3v) is 5.14. The van der Waals surface area contributed by atoms with E-state index < -0.39 is 0 Å². The first-order valence-corrected chi connectivity index (χ1v) is 9.94. The molecule has 1 aromatic carbocycles. The number of carbonyl (C=O) groups excluding carboxylic acids is 1. The highest BCUT2D eigenvalue weighted by atomic mass is 32.2. The Labute approximate surface area is 159 Å². The minimum Gasteiger partial charge on any atom is -0.354 e. The summed E-state index contributed by atoms with van der Waals surface area (Å²) in [6, 6.07) is 11.6. The van der Waals surface area contributed by atoms with E-state index in [1.807, 2.05) is 48.9 Å². The number of hydrogen-bond acceptors (Lipinski definition) is 5. The summed E-state index contributed by atoms with van der Waals surface area (Å²) in [4.78, 5) is 22.3. The quantitative estimate of drug-likeness (QED) is 0.792. The Bertz CT molecular complexity index is 729. The van der Waals surface area contributed by atoms with Crippen LogP contribution in [-0.2, 0) is 6.54 Å². The molecule has 2 amide bonds. The third-order valence-electron chi connectivity index (χ3n) is 4.42. The number of amides is 2. The van der Waals surface area contributed by atoms with Crippen LogP contribution < -0.4 is 15.5 Å². The van der Waals surface area contributed by atoms with Crippen LogP contribution in [0.4, 0.5) is 16.3 Å². The number of likely N-dealkylation sites (N-methyl/N-ethyl adjacent to an activating group) is 1. The molecule has 0 radical (unpaired) electrons. The van der Waals surface area contributed by atoms with E-state index >= 15 is 0 Å². The van der Waals surface area contributed by atoms with Crippen molar-refractivity contribution in [3.05, 3.63) is 48.2 Å². The van der Waals surface area contributed by atoms with E-state index in [2.05, 4.69) is 32.5 Å². The highest BCUT2D eigenvalue weighted by Crippen LogP contribution is 2.19. The first-order chi connectivity index (χ1) is 12.6. The van der Waals surface area contributed by atoms with Gasteiger partial charge in [-0.3, -0.25) is 0 Å². The summed E-state index contributed by atoms with van der Waals surface area (Å²) in [5.41, 5.74) is 1.77. The Balaban J connectivity index is 1.49. The molecule has 138 valence electrons. The monoisotopic (exact) mass is 371 g/mol. The number of thioether (sulfide) groups is 1. The van der Waals surface area contributed by atoms with E-state index in [-0.39, 0.29) is 6.03 Å². The zero-order chi connectivity index (χ0) is 18.4. The van der Waals surface area contributed by atoms with E-state index in [9.17, 15) is 4.79 Å². The van der Waals surface area contributed by atoms with Crippen LogP contribution in [0.3, 0.4) is 0 Å². The molecule has 1 aromatic heterocycles. The lowest BCUT2D eigenvalue weighted by Gasteiger charge is -2.33. The average Bonchev–Trinajstić information content (AvgIpc) is 2.67. The van der Waals surface area contributed by atoms with Crippen LogP contribution in [0.25, 0.3) is 0 Å². The lowest BCUT2D eigenvalue weighted by Crippen LogP contribution is -2.44. The SMILES string of the molecule is CSc1cccc(NC(=O)NCc2ccc(N3CCN(C)CC3)nc2)c1. The fourth-order valence-corrected chi connectivity index (χ4v) is 3.26. The number of aromatic nitrogens is 1. The summed E-state index contributed by atoms with van der Waals surface area (Å²) in [6.07, 6.45) is 3.85. The molecule has 3 rings (SSSR count). The zero-order valence-electron chi connectivity index (χ0n) is 15.2. The normalized spacial score (nSPS) is 14.9. The van der Waals surface area contributed by atoms with Gasteiger partial charge in [-0.15, -0.1) is 11.8 Å². The van der Waals surface area contributed by atoms with Gasteiger partial charge in [0.15, 0.2) is 0 Å². The minimum absolute atomic E-state index is 0.216. The highest BCUT2D eigenvalue weighted by Gasteiger charge is 2.15. The number of hydrogen-bond donors (Lipinski definition) is 2. The predicted molar refractivity (Wildman–Crippen MR) is 108 cm³/mol. The van der Waals surface area contributed by atoms with Gasteiger partial charge in [0.05, 0.1) is 0 Å². The lowest BCUT2D eigenvalue weighted by atomic mass is 10.2. The van der Waals surface area contributed by atoms with Crippen molar-refractivity contribution in [1.29, 1.82) is 0 Å². The number of nitrogens with zero attached hydrogens (tertiary/aromatic N) is 3. The summed E-state index contributed by atoms with van der Waals surface area (Å²) in [5, 5.41) is 5.73. The van der Waals surface area contributed by atoms with Gasteiger partial charge in [-0.2, -0.15) is 0 Å². The Hall–Kier alpha value is -2.25. The third kappa shape index (κ3) is 5.12. The van der Waals surface area contributed by atoms with E-state index in [0.29, 0.717) is 6.54 Å². The maximum Gasteiger partial charge on any atom is 0.319 e.